The van der Waals surface area contributed by atoms with Crippen LogP contribution in [0.2, 0.25) is 0 Å². The lowest BCUT2D eigenvalue weighted by Gasteiger charge is -2.32. The quantitative estimate of drug-likeness (QED) is 0.667. The standard InChI is InChI=1S/C20H21N5O3S/c1-12-22-23-20-25(12)24-17(13-4-8-15(27-2)9-5-13)18(29-20)19(26)21-14-6-10-16(28-3)11-7-14/h4-11,17-18,24H,1-3H3,(H,21,26)/t17-,18+/m0/s1. The third kappa shape index (κ3) is 3.86. The van der Waals surface area contributed by atoms with Gasteiger partial charge in [-0.3, -0.25) is 4.79 Å². The lowest BCUT2D eigenvalue weighted by atomic mass is 10.0. The minimum absolute atomic E-state index is 0.125. The first kappa shape index (κ1) is 19.1. The number of aryl methyl sites for hydroxylation is 1. The van der Waals surface area contributed by atoms with Crippen molar-refractivity contribution in [2.24, 2.45) is 0 Å². The number of thioether (sulfide) groups is 1. The number of benzene rings is 2. The van der Waals surface area contributed by atoms with Crippen LogP contribution in [-0.4, -0.2) is 40.3 Å². The largest absolute Gasteiger partial charge is 0.497 e. The Morgan fingerprint density at radius 3 is 2.28 bits per heavy atom. The number of nitrogens with zero attached hydrogens (tertiary/aromatic N) is 3. The van der Waals surface area contributed by atoms with Gasteiger partial charge in [0.15, 0.2) is 0 Å². The number of ether oxygens (including phenoxy) is 2. The van der Waals surface area contributed by atoms with Crippen LogP contribution in [0.4, 0.5) is 5.69 Å². The number of aromatic nitrogens is 3. The predicted molar refractivity (Wildman–Crippen MR) is 111 cm³/mol. The number of fused-ring (bicyclic) bond motifs is 1. The van der Waals surface area contributed by atoms with Gasteiger partial charge in [0.2, 0.25) is 11.1 Å². The summed E-state index contributed by atoms with van der Waals surface area (Å²) in [6, 6.07) is 14.6. The fourth-order valence-electron chi connectivity index (χ4n) is 3.11. The maximum Gasteiger partial charge on any atom is 0.240 e. The van der Waals surface area contributed by atoms with E-state index in [0.717, 1.165) is 22.9 Å². The summed E-state index contributed by atoms with van der Waals surface area (Å²) in [5.41, 5.74) is 5.05. The number of rotatable bonds is 5. The van der Waals surface area contributed by atoms with E-state index in [1.54, 1.807) is 14.2 Å². The summed E-state index contributed by atoms with van der Waals surface area (Å²) in [4.78, 5) is 13.2. The number of amides is 1. The van der Waals surface area contributed by atoms with Gasteiger partial charge < -0.3 is 20.2 Å². The molecular weight excluding hydrogens is 390 g/mol. The lowest BCUT2D eigenvalue weighted by Crippen LogP contribution is -2.41. The highest BCUT2D eigenvalue weighted by molar-refractivity contribution is 8.00. The second-order valence-electron chi connectivity index (χ2n) is 6.50. The van der Waals surface area contributed by atoms with Gasteiger partial charge in [0, 0.05) is 5.69 Å². The van der Waals surface area contributed by atoms with Gasteiger partial charge in [0.1, 0.15) is 22.6 Å². The summed E-state index contributed by atoms with van der Waals surface area (Å²) in [6.07, 6.45) is 0. The molecule has 0 radical (unpaired) electrons. The molecule has 0 saturated heterocycles. The van der Waals surface area contributed by atoms with Crippen molar-refractivity contribution < 1.29 is 14.3 Å². The third-order valence-electron chi connectivity index (χ3n) is 4.69. The van der Waals surface area contributed by atoms with Crippen LogP contribution in [0, 0.1) is 6.92 Å². The van der Waals surface area contributed by atoms with E-state index >= 15 is 0 Å². The zero-order valence-corrected chi connectivity index (χ0v) is 17.1. The molecule has 1 amide bonds. The van der Waals surface area contributed by atoms with Gasteiger partial charge in [-0.15, -0.1) is 10.2 Å². The highest BCUT2D eigenvalue weighted by Gasteiger charge is 2.37. The van der Waals surface area contributed by atoms with Crippen molar-refractivity contribution in [3.8, 4) is 11.5 Å². The predicted octanol–water partition coefficient (Wildman–Crippen LogP) is 3.00. The minimum Gasteiger partial charge on any atom is -0.497 e. The van der Waals surface area contributed by atoms with Gasteiger partial charge in [-0.05, 0) is 48.9 Å². The average Bonchev–Trinajstić information content (AvgIpc) is 3.13. The van der Waals surface area contributed by atoms with Gasteiger partial charge in [-0.2, -0.15) is 0 Å². The number of hydrogen-bond acceptors (Lipinski definition) is 7. The molecule has 2 N–H and O–H groups in total. The van der Waals surface area contributed by atoms with E-state index in [0.29, 0.717) is 10.8 Å². The van der Waals surface area contributed by atoms with E-state index in [1.807, 2.05) is 60.1 Å². The van der Waals surface area contributed by atoms with Crippen LogP contribution in [0.5, 0.6) is 11.5 Å². The molecule has 8 nitrogen and oxygen atoms in total. The number of anilines is 1. The van der Waals surface area contributed by atoms with E-state index in [-0.39, 0.29) is 11.9 Å². The number of carbonyl (C=O) groups is 1. The molecule has 4 rings (SSSR count). The van der Waals surface area contributed by atoms with E-state index in [2.05, 4.69) is 20.9 Å². The molecule has 2 aromatic carbocycles. The highest BCUT2D eigenvalue weighted by Crippen LogP contribution is 2.38. The molecule has 0 saturated carbocycles. The Balaban J connectivity index is 1.62. The Bertz CT molecular complexity index is 1000. The maximum absolute atomic E-state index is 13.2. The van der Waals surface area contributed by atoms with Crippen molar-refractivity contribution in [3.05, 3.63) is 59.9 Å². The first-order chi connectivity index (χ1) is 14.1. The molecule has 3 aromatic rings. The molecule has 29 heavy (non-hydrogen) atoms. The van der Waals surface area contributed by atoms with Crippen LogP contribution in [-0.2, 0) is 4.79 Å². The molecule has 0 aliphatic carbocycles. The monoisotopic (exact) mass is 411 g/mol. The summed E-state index contributed by atoms with van der Waals surface area (Å²) in [6.45, 7) is 1.87. The summed E-state index contributed by atoms with van der Waals surface area (Å²) in [5, 5.41) is 11.5. The van der Waals surface area contributed by atoms with Crippen molar-refractivity contribution in [2.75, 3.05) is 25.0 Å². The van der Waals surface area contributed by atoms with Crippen molar-refractivity contribution in [1.82, 2.24) is 14.9 Å². The van der Waals surface area contributed by atoms with Crippen molar-refractivity contribution in [3.63, 3.8) is 0 Å². The molecule has 9 heteroatoms. The van der Waals surface area contributed by atoms with Crippen LogP contribution in [0.25, 0.3) is 0 Å². The van der Waals surface area contributed by atoms with Gasteiger partial charge in [0.05, 0.1) is 20.3 Å². The van der Waals surface area contributed by atoms with Crippen LogP contribution in [0.15, 0.2) is 53.7 Å². The Morgan fingerprint density at radius 1 is 1.03 bits per heavy atom. The average molecular weight is 411 g/mol. The Hall–Kier alpha value is -3.20. The second-order valence-corrected chi connectivity index (χ2v) is 7.61. The molecular formula is C20H21N5O3S. The van der Waals surface area contributed by atoms with Crippen molar-refractivity contribution in [2.45, 2.75) is 23.4 Å². The molecule has 1 aliphatic rings. The zero-order chi connectivity index (χ0) is 20.4. The van der Waals surface area contributed by atoms with Gasteiger partial charge in [0.25, 0.3) is 0 Å². The fraction of sp³-hybridized carbons (Fsp3) is 0.250. The maximum atomic E-state index is 13.2. The summed E-state index contributed by atoms with van der Waals surface area (Å²) in [7, 11) is 3.23. The molecule has 0 spiro atoms. The molecule has 150 valence electrons. The van der Waals surface area contributed by atoms with E-state index in [1.165, 1.54) is 11.8 Å². The minimum atomic E-state index is -0.443. The summed E-state index contributed by atoms with van der Waals surface area (Å²) < 4.78 is 12.2. The first-order valence-electron chi connectivity index (χ1n) is 9.03. The van der Waals surface area contributed by atoms with E-state index in [9.17, 15) is 4.79 Å². The Labute approximate surface area is 172 Å². The van der Waals surface area contributed by atoms with Gasteiger partial charge in [-0.1, -0.05) is 23.9 Å². The van der Waals surface area contributed by atoms with Crippen LogP contribution in [0.1, 0.15) is 17.4 Å². The lowest BCUT2D eigenvalue weighted by molar-refractivity contribution is -0.116. The van der Waals surface area contributed by atoms with Crippen LogP contribution < -0.4 is 20.2 Å². The normalized spacial score (nSPS) is 17.8. The molecule has 1 aliphatic heterocycles. The molecule has 1 aromatic heterocycles. The SMILES string of the molecule is COc1ccc(NC(=O)[C@@H]2Sc3nnc(C)n3N[C@H]2c2ccc(OC)cc2)cc1. The van der Waals surface area contributed by atoms with E-state index < -0.39 is 5.25 Å². The number of carbonyl (C=O) groups excluding carboxylic acids is 1. The smallest absolute Gasteiger partial charge is 0.240 e. The Kier molecular flexibility index (Phi) is 5.30. The topological polar surface area (TPSA) is 90.3 Å². The first-order valence-corrected chi connectivity index (χ1v) is 9.91. The van der Waals surface area contributed by atoms with Gasteiger partial charge in [-0.25, -0.2) is 4.68 Å². The molecule has 0 bridgehead atoms. The van der Waals surface area contributed by atoms with Crippen molar-refractivity contribution >= 4 is 23.4 Å². The third-order valence-corrected chi connectivity index (χ3v) is 5.90. The molecule has 2 heterocycles. The fourth-order valence-corrected chi connectivity index (χ4v) is 4.23. The molecule has 2 atom stereocenters. The number of hydrogen-bond donors (Lipinski definition) is 2. The molecule has 0 unspecified atom stereocenters. The van der Waals surface area contributed by atoms with Crippen molar-refractivity contribution in [1.29, 1.82) is 0 Å². The Morgan fingerprint density at radius 2 is 1.66 bits per heavy atom. The van der Waals surface area contributed by atoms with E-state index in [4.69, 9.17) is 9.47 Å². The summed E-state index contributed by atoms with van der Waals surface area (Å²) in [5.74, 6) is 2.11. The number of methoxy groups -OCH3 is 2. The molecule has 0 fully saturated rings. The summed E-state index contributed by atoms with van der Waals surface area (Å²) >= 11 is 1.38. The van der Waals surface area contributed by atoms with Gasteiger partial charge >= 0.3 is 0 Å². The van der Waals surface area contributed by atoms with Crippen LogP contribution in [0.3, 0.4) is 0 Å². The number of nitrogens with one attached hydrogen (secondary N) is 2. The van der Waals surface area contributed by atoms with Crippen LogP contribution >= 0.6 is 11.8 Å². The highest BCUT2D eigenvalue weighted by atomic mass is 32.2. The zero-order valence-electron chi connectivity index (χ0n) is 16.2. The second kappa shape index (κ2) is 8.04.